The average Bonchev–Trinajstić information content (AvgIpc) is 2.81. The third-order valence-corrected chi connectivity index (χ3v) is 5.91. The number of benzene rings is 1. The summed E-state index contributed by atoms with van der Waals surface area (Å²) in [6.07, 6.45) is 0.518. The molecule has 1 unspecified atom stereocenters. The fourth-order valence-electron chi connectivity index (χ4n) is 4.14. The lowest BCUT2D eigenvalue weighted by Gasteiger charge is -2.48. The Balaban J connectivity index is 1.54. The molecule has 1 aromatic carbocycles. The van der Waals surface area contributed by atoms with Crippen molar-refractivity contribution in [3.05, 3.63) is 34.6 Å². The summed E-state index contributed by atoms with van der Waals surface area (Å²) in [6.45, 7) is 8.29. The van der Waals surface area contributed by atoms with E-state index in [9.17, 15) is 18.8 Å². The summed E-state index contributed by atoms with van der Waals surface area (Å²) in [4.78, 5) is 39.9. The van der Waals surface area contributed by atoms with Crippen LogP contribution in [0.3, 0.4) is 0 Å². The second-order valence-electron chi connectivity index (χ2n) is 8.70. The maximum absolute atomic E-state index is 14.7. The van der Waals surface area contributed by atoms with E-state index in [4.69, 9.17) is 0 Å². The number of amides is 3. The van der Waals surface area contributed by atoms with Crippen molar-refractivity contribution in [1.29, 1.82) is 0 Å². The van der Waals surface area contributed by atoms with E-state index in [0.29, 0.717) is 17.5 Å². The van der Waals surface area contributed by atoms with E-state index in [1.807, 2.05) is 0 Å². The molecular weight excluding hydrogens is 349 g/mol. The quantitative estimate of drug-likeness (QED) is 0.803. The van der Waals surface area contributed by atoms with Crippen molar-refractivity contribution in [2.24, 2.45) is 0 Å². The third kappa shape index (κ3) is 3.04. The number of nitrogens with zero attached hydrogens (tertiary/aromatic N) is 2. The molecule has 3 heterocycles. The molecule has 6 nitrogen and oxygen atoms in total. The number of fused-ring (bicyclic) bond motifs is 1. The molecule has 1 atom stereocenters. The summed E-state index contributed by atoms with van der Waals surface area (Å²) in [5.41, 5.74) is 1.79. The minimum atomic E-state index is -0.672. The highest BCUT2D eigenvalue weighted by atomic mass is 19.1. The molecule has 0 bridgehead atoms. The highest BCUT2D eigenvalue weighted by molar-refractivity contribution is 6.05. The monoisotopic (exact) mass is 373 g/mol. The van der Waals surface area contributed by atoms with Crippen LogP contribution in [0.1, 0.15) is 61.0 Å². The van der Waals surface area contributed by atoms with Gasteiger partial charge in [0.2, 0.25) is 11.8 Å². The van der Waals surface area contributed by atoms with Crippen LogP contribution in [0, 0.1) is 5.82 Å². The molecule has 0 aromatic heterocycles. The minimum Gasteiger partial charge on any atom is -0.322 e. The Morgan fingerprint density at radius 1 is 1.15 bits per heavy atom. The standard InChI is InChI=1S/C20H24FN3O3/c1-20(2,3)23-8-12(9-23)13-6-11-10-24(19(27)14(11)7-15(13)21)16-4-5-17(25)22-18(16)26/h6-7,12,16H,4-5,8-10H2,1-3H3,(H,22,25,26). The number of piperidine rings is 1. The fraction of sp³-hybridized carbons (Fsp3) is 0.550. The van der Waals surface area contributed by atoms with Gasteiger partial charge in [-0.1, -0.05) is 0 Å². The van der Waals surface area contributed by atoms with E-state index in [-0.39, 0.29) is 42.1 Å². The predicted octanol–water partition coefficient (Wildman–Crippen LogP) is 1.78. The summed E-state index contributed by atoms with van der Waals surface area (Å²) in [5, 5.41) is 2.28. The number of hydrogen-bond acceptors (Lipinski definition) is 4. The maximum atomic E-state index is 14.7. The van der Waals surface area contributed by atoms with Crippen LogP contribution in [-0.4, -0.2) is 52.2 Å². The Hall–Kier alpha value is -2.28. The first-order valence-corrected chi connectivity index (χ1v) is 9.37. The van der Waals surface area contributed by atoms with Gasteiger partial charge in [0.25, 0.3) is 5.91 Å². The van der Waals surface area contributed by atoms with Gasteiger partial charge in [-0.25, -0.2) is 4.39 Å². The lowest BCUT2D eigenvalue weighted by Crippen LogP contribution is -2.54. The molecule has 3 aliphatic heterocycles. The third-order valence-electron chi connectivity index (χ3n) is 5.91. The highest BCUT2D eigenvalue weighted by Crippen LogP contribution is 2.37. The van der Waals surface area contributed by atoms with Crippen LogP contribution in [-0.2, 0) is 16.1 Å². The van der Waals surface area contributed by atoms with E-state index >= 15 is 0 Å². The number of carbonyl (C=O) groups excluding carboxylic acids is 3. The Bertz CT molecular complexity index is 840. The number of nitrogens with one attached hydrogen (secondary N) is 1. The van der Waals surface area contributed by atoms with Crippen molar-refractivity contribution in [3.8, 4) is 0 Å². The number of rotatable bonds is 2. The Morgan fingerprint density at radius 2 is 1.85 bits per heavy atom. The van der Waals surface area contributed by atoms with Crippen molar-refractivity contribution in [2.75, 3.05) is 13.1 Å². The molecular formula is C20H24FN3O3. The van der Waals surface area contributed by atoms with Gasteiger partial charge in [-0.05, 0) is 50.5 Å². The van der Waals surface area contributed by atoms with Gasteiger partial charge >= 0.3 is 0 Å². The SMILES string of the molecule is CC(C)(C)N1CC(c2cc3c(cc2F)C(=O)N(C2CCC(=O)NC2=O)C3)C1. The second kappa shape index (κ2) is 6.12. The zero-order valence-electron chi connectivity index (χ0n) is 15.8. The summed E-state index contributed by atoms with van der Waals surface area (Å²) < 4.78 is 14.7. The van der Waals surface area contributed by atoms with E-state index in [1.54, 1.807) is 6.07 Å². The molecule has 2 fully saturated rings. The molecule has 27 heavy (non-hydrogen) atoms. The zero-order chi connectivity index (χ0) is 19.5. The maximum Gasteiger partial charge on any atom is 0.255 e. The first-order chi connectivity index (χ1) is 12.6. The molecule has 3 aliphatic rings. The topological polar surface area (TPSA) is 69.7 Å². The molecule has 144 valence electrons. The van der Waals surface area contributed by atoms with Gasteiger partial charge in [-0.2, -0.15) is 0 Å². The molecule has 4 rings (SSSR count). The molecule has 2 saturated heterocycles. The fourth-order valence-corrected chi connectivity index (χ4v) is 4.14. The molecule has 1 N–H and O–H groups in total. The Morgan fingerprint density at radius 3 is 2.48 bits per heavy atom. The van der Waals surface area contributed by atoms with Crippen molar-refractivity contribution in [2.45, 2.75) is 57.7 Å². The zero-order valence-corrected chi connectivity index (χ0v) is 15.8. The van der Waals surface area contributed by atoms with Gasteiger partial charge in [0.05, 0.1) is 0 Å². The van der Waals surface area contributed by atoms with Gasteiger partial charge < -0.3 is 4.90 Å². The number of imide groups is 1. The normalized spacial score (nSPS) is 24.1. The first-order valence-electron chi connectivity index (χ1n) is 9.37. The van der Waals surface area contributed by atoms with Crippen molar-refractivity contribution in [1.82, 2.24) is 15.1 Å². The summed E-state index contributed by atoms with van der Waals surface area (Å²) in [5.74, 6) is -1.34. The molecule has 0 saturated carbocycles. The van der Waals surface area contributed by atoms with Gasteiger partial charge in [-0.3, -0.25) is 24.6 Å². The highest BCUT2D eigenvalue weighted by Gasteiger charge is 2.41. The smallest absolute Gasteiger partial charge is 0.255 e. The van der Waals surface area contributed by atoms with E-state index in [0.717, 1.165) is 18.7 Å². The second-order valence-corrected chi connectivity index (χ2v) is 8.70. The van der Waals surface area contributed by atoms with Crippen LogP contribution in [0.4, 0.5) is 4.39 Å². The largest absolute Gasteiger partial charge is 0.322 e. The van der Waals surface area contributed by atoms with E-state index in [1.165, 1.54) is 11.0 Å². The predicted molar refractivity (Wildman–Crippen MR) is 96.5 cm³/mol. The van der Waals surface area contributed by atoms with Crippen LogP contribution < -0.4 is 5.32 Å². The van der Waals surface area contributed by atoms with Crippen LogP contribution >= 0.6 is 0 Å². The number of carbonyl (C=O) groups is 3. The molecule has 1 aromatic rings. The molecule has 0 radical (unpaired) electrons. The molecule has 0 aliphatic carbocycles. The van der Waals surface area contributed by atoms with Gasteiger partial charge in [0, 0.05) is 43.1 Å². The van der Waals surface area contributed by atoms with Crippen LogP contribution in [0.25, 0.3) is 0 Å². The van der Waals surface area contributed by atoms with Crippen molar-refractivity contribution < 1.29 is 18.8 Å². The van der Waals surface area contributed by atoms with Gasteiger partial charge in [0.1, 0.15) is 11.9 Å². The molecule has 3 amide bonds. The first kappa shape index (κ1) is 18.1. The van der Waals surface area contributed by atoms with Crippen LogP contribution in [0.15, 0.2) is 12.1 Å². The van der Waals surface area contributed by atoms with Crippen LogP contribution in [0.2, 0.25) is 0 Å². The van der Waals surface area contributed by atoms with Crippen LogP contribution in [0.5, 0.6) is 0 Å². The van der Waals surface area contributed by atoms with Gasteiger partial charge in [0.15, 0.2) is 0 Å². The number of likely N-dealkylation sites (tertiary alicyclic amines) is 1. The van der Waals surface area contributed by atoms with E-state index < -0.39 is 11.9 Å². The van der Waals surface area contributed by atoms with Crippen molar-refractivity contribution >= 4 is 17.7 Å². The lowest BCUT2D eigenvalue weighted by atomic mass is 9.85. The summed E-state index contributed by atoms with van der Waals surface area (Å²) in [6, 6.07) is 2.44. The lowest BCUT2D eigenvalue weighted by molar-refractivity contribution is -0.136. The Labute approximate surface area is 157 Å². The molecule has 7 heteroatoms. The summed E-state index contributed by atoms with van der Waals surface area (Å²) in [7, 11) is 0. The number of halogens is 1. The number of hydrogen-bond donors (Lipinski definition) is 1. The van der Waals surface area contributed by atoms with E-state index in [2.05, 4.69) is 31.0 Å². The minimum absolute atomic E-state index is 0.0578. The summed E-state index contributed by atoms with van der Waals surface area (Å²) >= 11 is 0. The Kier molecular flexibility index (Phi) is 4.10. The average molecular weight is 373 g/mol. The molecule has 0 spiro atoms. The van der Waals surface area contributed by atoms with Crippen molar-refractivity contribution in [3.63, 3.8) is 0 Å². The van der Waals surface area contributed by atoms with Gasteiger partial charge in [-0.15, -0.1) is 0 Å².